The zero-order valence-corrected chi connectivity index (χ0v) is 12.5. The van der Waals surface area contributed by atoms with Gasteiger partial charge in [0.1, 0.15) is 11.5 Å². The lowest BCUT2D eigenvalue weighted by Crippen LogP contribution is -2.29. The molecule has 0 aliphatic heterocycles. The number of benzene rings is 1. The van der Waals surface area contributed by atoms with Crippen LogP contribution in [0.4, 0.5) is 0 Å². The number of esters is 1. The van der Waals surface area contributed by atoms with Crippen molar-refractivity contribution in [3.8, 4) is 11.5 Å². The predicted octanol–water partition coefficient (Wildman–Crippen LogP) is 1.65. The van der Waals surface area contributed by atoms with Crippen molar-refractivity contribution in [2.75, 3.05) is 20.8 Å². The van der Waals surface area contributed by atoms with Crippen molar-refractivity contribution >= 4 is 17.5 Å². The van der Waals surface area contributed by atoms with Crippen molar-refractivity contribution in [2.45, 2.75) is 13.8 Å². The Balaban J connectivity index is 3.07. The highest BCUT2D eigenvalue weighted by Gasteiger charge is 2.31. The van der Waals surface area contributed by atoms with Crippen LogP contribution in [0.2, 0.25) is 0 Å². The van der Waals surface area contributed by atoms with Crippen LogP contribution in [0.5, 0.6) is 11.5 Å². The Morgan fingerprint density at radius 2 is 1.81 bits per heavy atom. The van der Waals surface area contributed by atoms with Gasteiger partial charge in [-0.3, -0.25) is 9.59 Å². The van der Waals surface area contributed by atoms with Gasteiger partial charge in [-0.15, -0.1) is 0 Å². The summed E-state index contributed by atoms with van der Waals surface area (Å²) in [4.78, 5) is 35.6. The molecule has 0 aromatic heterocycles. The van der Waals surface area contributed by atoms with E-state index in [1.54, 1.807) is 19.1 Å². The highest BCUT2D eigenvalue weighted by atomic mass is 16.5. The topological polar surface area (TPSA) is 78.9 Å². The average molecular weight is 294 g/mol. The number of hydrogen-bond donors (Lipinski definition) is 0. The number of hydrogen-bond acceptors (Lipinski definition) is 6. The number of methoxy groups -OCH3 is 2. The van der Waals surface area contributed by atoms with Crippen molar-refractivity contribution < 1.29 is 28.6 Å². The molecule has 0 bridgehead atoms. The van der Waals surface area contributed by atoms with Crippen LogP contribution in [-0.2, 0) is 14.3 Å². The third kappa shape index (κ3) is 3.81. The normalized spacial score (nSPS) is 11.4. The van der Waals surface area contributed by atoms with Crippen LogP contribution in [0.15, 0.2) is 18.2 Å². The standard InChI is InChI=1S/C15H18O6/c1-5-21-15(18)14(17)9(2)13(16)11-8-10(19-3)6-7-12(11)20-4/h6-9H,5H2,1-4H3. The third-order valence-electron chi connectivity index (χ3n) is 2.94. The number of carbonyl (C=O) groups excluding carboxylic acids is 3. The minimum absolute atomic E-state index is 0.0773. The summed E-state index contributed by atoms with van der Waals surface area (Å²) < 4.78 is 14.8. The Kier molecular flexibility index (Phi) is 5.90. The molecule has 0 radical (unpaired) electrons. The van der Waals surface area contributed by atoms with E-state index in [1.807, 2.05) is 0 Å². The summed E-state index contributed by atoms with van der Waals surface area (Å²) in [5, 5.41) is 0. The summed E-state index contributed by atoms with van der Waals surface area (Å²) in [7, 11) is 2.87. The SMILES string of the molecule is CCOC(=O)C(=O)C(C)C(=O)c1cc(OC)ccc1OC. The smallest absolute Gasteiger partial charge is 0.375 e. The van der Waals surface area contributed by atoms with Crippen LogP contribution < -0.4 is 9.47 Å². The summed E-state index contributed by atoms with van der Waals surface area (Å²) in [5.41, 5.74) is 0.182. The summed E-state index contributed by atoms with van der Waals surface area (Å²) in [5.74, 6) is -2.81. The number of ketones is 2. The van der Waals surface area contributed by atoms with Crippen molar-refractivity contribution in [2.24, 2.45) is 5.92 Å². The Morgan fingerprint density at radius 3 is 2.33 bits per heavy atom. The Bertz CT molecular complexity index is 549. The molecule has 1 unspecified atom stereocenters. The van der Waals surface area contributed by atoms with Gasteiger partial charge in [-0.2, -0.15) is 0 Å². The Hall–Kier alpha value is -2.37. The molecule has 1 aromatic rings. The van der Waals surface area contributed by atoms with Gasteiger partial charge in [0.2, 0.25) is 0 Å². The minimum atomic E-state index is -1.15. The van der Waals surface area contributed by atoms with Crippen LogP contribution in [0.3, 0.4) is 0 Å². The summed E-state index contributed by atoms with van der Waals surface area (Å²) >= 11 is 0. The molecular formula is C15H18O6. The molecule has 0 N–H and O–H groups in total. The maximum Gasteiger partial charge on any atom is 0.375 e. The maximum absolute atomic E-state index is 12.4. The first-order chi connectivity index (χ1) is 9.96. The van der Waals surface area contributed by atoms with Gasteiger partial charge in [-0.25, -0.2) is 4.79 Å². The van der Waals surface area contributed by atoms with E-state index in [0.717, 1.165) is 0 Å². The van der Waals surface area contributed by atoms with Gasteiger partial charge >= 0.3 is 5.97 Å². The molecule has 0 amide bonds. The van der Waals surface area contributed by atoms with E-state index < -0.39 is 23.5 Å². The predicted molar refractivity (Wildman–Crippen MR) is 74.7 cm³/mol. The molecule has 1 aromatic carbocycles. The lowest BCUT2D eigenvalue weighted by atomic mass is 9.94. The molecule has 1 atom stereocenters. The zero-order valence-electron chi connectivity index (χ0n) is 12.5. The molecule has 114 valence electrons. The lowest BCUT2D eigenvalue weighted by molar-refractivity contribution is -0.154. The number of carbonyl (C=O) groups is 3. The van der Waals surface area contributed by atoms with Crippen LogP contribution in [0, 0.1) is 5.92 Å². The molecule has 6 heteroatoms. The van der Waals surface area contributed by atoms with E-state index in [0.29, 0.717) is 11.5 Å². The number of rotatable bonds is 7. The first kappa shape index (κ1) is 16.7. The number of ether oxygens (including phenoxy) is 3. The van der Waals surface area contributed by atoms with E-state index in [1.165, 1.54) is 27.2 Å². The van der Waals surface area contributed by atoms with Gasteiger partial charge in [0.25, 0.3) is 5.78 Å². The summed E-state index contributed by atoms with van der Waals surface area (Å²) in [6.07, 6.45) is 0. The molecule has 0 spiro atoms. The highest BCUT2D eigenvalue weighted by molar-refractivity contribution is 6.39. The average Bonchev–Trinajstić information content (AvgIpc) is 2.52. The van der Waals surface area contributed by atoms with E-state index >= 15 is 0 Å². The Morgan fingerprint density at radius 1 is 1.14 bits per heavy atom. The van der Waals surface area contributed by atoms with Gasteiger partial charge in [0.15, 0.2) is 5.78 Å². The lowest BCUT2D eigenvalue weighted by Gasteiger charge is -2.13. The summed E-state index contributed by atoms with van der Waals surface area (Å²) in [6, 6.07) is 4.66. The van der Waals surface area contributed by atoms with Gasteiger partial charge < -0.3 is 14.2 Å². The van der Waals surface area contributed by atoms with Gasteiger partial charge in [-0.05, 0) is 32.0 Å². The molecule has 21 heavy (non-hydrogen) atoms. The second kappa shape index (κ2) is 7.42. The van der Waals surface area contributed by atoms with Crippen molar-refractivity contribution in [3.63, 3.8) is 0 Å². The van der Waals surface area contributed by atoms with Gasteiger partial charge in [0.05, 0.1) is 32.3 Å². The first-order valence-corrected chi connectivity index (χ1v) is 6.43. The van der Waals surface area contributed by atoms with Crippen LogP contribution in [0.1, 0.15) is 24.2 Å². The fourth-order valence-corrected chi connectivity index (χ4v) is 1.74. The van der Waals surface area contributed by atoms with Crippen LogP contribution in [-0.4, -0.2) is 38.4 Å². The first-order valence-electron chi connectivity index (χ1n) is 6.43. The Labute approximate surface area is 123 Å². The molecular weight excluding hydrogens is 276 g/mol. The maximum atomic E-state index is 12.4. The number of Topliss-reactive ketones (excluding diaryl/α,β-unsaturated/α-hetero) is 2. The molecule has 0 aliphatic carbocycles. The fraction of sp³-hybridized carbons (Fsp3) is 0.400. The second-order valence-corrected chi connectivity index (χ2v) is 4.24. The third-order valence-corrected chi connectivity index (χ3v) is 2.94. The van der Waals surface area contributed by atoms with E-state index in [2.05, 4.69) is 4.74 Å². The van der Waals surface area contributed by atoms with E-state index in [9.17, 15) is 14.4 Å². The highest BCUT2D eigenvalue weighted by Crippen LogP contribution is 2.26. The molecule has 0 saturated carbocycles. The van der Waals surface area contributed by atoms with Crippen LogP contribution in [0.25, 0.3) is 0 Å². The molecule has 1 rings (SSSR count). The summed E-state index contributed by atoms with van der Waals surface area (Å²) in [6.45, 7) is 3.03. The van der Waals surface area contributed by atoms with Crippen molar-refractivity contribution in [1.82, 2.24) is 0 Å². The second-order valence-electron chi connectivity index (χ2n) is 4.24. The van der Waals surface area contributed by atoms with Crippen molar-refractivity contribution in [3.05, 3.63) is 23.8 Å². The largest absolute Gasteiger partial charge is 0.497 e. The van der Waals surface area contributed by atoms with E-state index in [-0.39, 0.29) is 12.2 Å². The molecule has 6 nitrogen and oxygen atoms in total. The zero-order chi connectivity index (χ0) is 16.0. The molecule has 0 aliphatic rings. The quantitative estimate of drug-likeness (QED) is 0.329. The fourth-order valence-electron chi connectivity index (χ4n) is 1.74. The molecule has 0 fully saturated rings. The minimum Gasteiger partial charge on any atom is -0.497 e. The molecule has 0 heterocycles. The van der Waals surface area contributed by atoms with Gasteiger partial charge in [-0.1, -0.05) is 0 Å². The molecule has 0 saturated heterocycles. The van der Waals surface area contributed by atoms with E-state index in [4.69, 9.17) is 9.47 Å². The monoisotopic (exact) mass is 294 g/mol. The van der Waals surface area contributed by atoms with Gasteiger partial charge in [0, 0.05) is 0 Å². The van der Waals surface area contributed by atoms with Crippen molar-refractivity contribution in [1.29, 1.82) is 0 Å². The van der Waals surface area contributed by atoms with Crippen LogP contribution >= 0.6 is 0 Å².